The average molecular weight is 288 g/mol. The summed E-state index contributed by atoms with van der Waals surface area (Å²) < 4.78 is 0. The quantitative estimate of drug-likeness (QED) is 0.859. The number of carbonyl (C=O) groups excluding carboxylic acids is 1. The predicted molar refractivity (Wildman–Crippen MR) is 77.5 cm³/mol. The van der Waals surface area contributed by atoms with E-state index < -0.39 is 5.97 Å². The number of urea groups is 1. The van der Waals surface area contributed by atoms with E-state index in [0.29, 0.717) is 18.3 Å². The monoisotopic (exact) mass is 288 g/mol. The minimum absolute atomic E-state index is 0.143. The molecular formula is C13H24N2O3S. The highest BCUT2D eigenvalue weighted by atomic mass is 32.2. The molecule has 5 nitrogen and oxygen atoms in total. The van der Waals surface area contributed by atoms with Gasteiger partial charge in [-0.05, 0) is 12.8 Å². The maximum absolute atomic E-state index is 12.5. The van der Waals surface area contributed by atoms with E-state index in [0.717, 1.165) is 5.75 Å². The molecule has 2 atom stereocenters. The molecule has 2 unspecified atom stereocenters. The van der Waals surface area contributed by atoms with Crippen LogP contribution in [0.15, 0.2) is 0 Å². The molecule has 1 rings (SSSR count). The standard InChI is InChI=1S/C13H24N2O3S/c1-9(2)7-14(8-12(16)17)13(18)15-5-6-19-11(4)10(15)3/h9-11H,5-8H2,1-4H3,(H,16,17). The van der Waals surface area contributed by atoms with Crippen LogP contribution >= 0.6 is 11.8 Å². The van der Waals surface area contributed by atoms with Crippen molar-refractivity contribution in [2.24, 2.45) is 5.92 Å². The minimum atomic E-state index is -0.957. The Bertz CT molecular complexity index is 336. The molecule has 0 spiro atoms. The zero-order chi connectivity index (χ0) is 14.6. The number of rotatable bonds is 4. The summed E-state index contributed by atoms with van der Waals surface area (Å²) >= 11 is 1.86. The highest BCUT2D eigenvalue weighted by Crippen LogP contribution is 2.25. The van der Waals surface area contributed by atoms with E-state index in [1.54, 1.807) is 0 Å². The molecule has 0 aromatic heterocycles. The van der Waals surface area contributed by atoms with Crippen molar-refractivity contribution in [1.29, 1.82) is 0 Å². The molecule has 1 heterocycles. The van der Waals surface area contributed by atoms with Gasteiger partial charge in [-0.15, -0.1) is 0 Å². The Balaban J connectivity index is 2.76. The van der Waals surface area contributed by atoms with Crippen LogP contribution in [0.25, 0.3) is 0 Å². The van der Waals surface area contributed by atoms with Crippen LogP contribution in [0.2, 0.25) is 0 Å². The summed E-state index contributed by atoms with van der Waals surface area (Å²) in [5, 5.41) is 9.34. The SMILES string of the molecule is CC(C)CN(CC(=O)O)C(=O)N1CCSC(C)C1C. The van der Waals surface area contributed by atoms with E-state index in [4.69, 9.17) is 5.11 Å². The van der Waals surface area contributed by atoms with Crippen molar-refractivity contribution in [3.63, 3.8) is 0 Å². The smallest absolute Gasteiger partial charge is 0.323 e. The Morgan fingerprint density at radius 3 is 2.58 bits per heavy atom. The first-order valence-corrected chi connectivity index (χ1v) is 7.76. The van der Waals surface area contributed by atoms with Gasteiger partial charge in [0.05, 0.1) is 0 Å². The molecule has 1 saturated heterocycles. The van der Waals surface area contributed by atoms with Crippen LogP contribution in [0.3, 0.4) is 0 Å². The molecule has 0 aromatic rings. The molecule has 19 heavy (non-hydrogen) atoms. The lowest BCUT2D eigenvalue weighted by Gasteiger charge is -2.40. The van der Waals surface area contributed by atoms with Gasteiger partial charge >= 0.3 is 12.0 Å². The van der Waals surface area contributed by atoms with Gasteiger partial charge in [-0.3, -0.25) is 4.79 Å². The van der Waals surface area contributed by atoms with Crippen molar-refractivity contribution >= 4 is 23.8 Å². The summed E-state index contributed by atoms with van der Waals surface area (Å²) in [6.45, 7) is 9.07. The van der Waals surface area contributed by atoms with Crippen LogP contribution in [0.4, 0.5) is 4.79 Å². The first-order chi connectivity index (χ1) is 8.82. The molecule has 1 fully saturated rings. The lowest BCUT2D eigenvalue weighted by molar-refractivity contribution is -0.137. The number of amides is 2. The zero-order valence-corrected chi connectivity index (χ0v) is 12.9. The first kappa shape index (κ1) is 16.1. The fraction of sp³-hybridized carbons (Fsp3) is 0.846. The molecule has 6 heteroatoms. The normalized spacial score (nSPS) is 23.5. The van der Waals surface area contributed by atoms with Crippen molar-refractivity contribution in [2.45, 2.75) is 39.0 Å². The van der Waals surface area contributed by atoms with Crippen molar-refractivity contribution in [2.75, 3.05) is 25.4 Å². The summed E-state index contributed by atoms with van der Waals surface area (Å²) in [5.41, 5.74) is 0. The van der Waals surface area contributed by atoms with Gasteiger partial charge in [-0.1, -0.05) is 20.8 Å². The second-order valence-corrected chi connectivity index (χ2v) is 6.95. The Morgan fingerprint density at radius 2 is 2.05 bits per heavy atom. The lowest BCUT2D eigenvalue weighted by atomic mass is 10.2. The van der Waals surface area contributed by atoms with Gasteiger partial charge in [0.2, 0.25) is 0 Å². The van der Waals surface area contributed by atoms with Crippen molar-refractivity contribution in [3.8, 4) is 0 Å². The zero-order valence-electron chi connectivity index (χ0n) is 12.1. The van der Waals surface area contributed by atoms with E-state index in [2.05, 4.69) is 6.92 Å². The molecule has 0 aromatic carbocycles. The average Bonchev–Trinajstić information content (AvgIpc) is 2.30. The van der Waals surface area contributed by atoms with E-state index >= 15 is 0 Å². The molecule has 2 amide bonds. The predicted octanol–water partition coefficient (Wildman–Crippen LogP) is 1.97. The summed E-state index contributed by atoms with van der Waals surface area (Å²) in [5.74, 6) is 0.219. The van der Waals surface area contributed by atoms with E-state index in [9.17, 15) is 9.59 Å². The number of thioether (sulfide) groups is 1. The van der Waals surface area contributed by atoms with Crippen LogP contribution in [0.5, 0.6) is 0 Å². The first-order valence-electron chi connectivity index (χ1n) is 6.71. The Labute approximate surface area is 119 Å². The third-order valence-electron chi connectivity index (χ3n) is 3.31. The molecule has 0 aliphatic carbocycles. The van der Waals surface area contributed by atoms with Crippen molar-refractivity contribution in [1.82, 2.24) is 9.80 Å². The number of aliphatic carboxylic acids is 1. The number of carboxylic acids is 1. The van der Waals surface area contributed by atoms with Crippen molar-refractivity contribution in [3.05, 3.63) is 0 Å². The van der Waals surface area contributed by atoms with Gasteiger partial charge in [0.25, 0.3) is 0 Å². The van der Waals surface area contributed by atoms with Crippen molar-refractivity contribution < 1.29 is 14.7 Å². The van der Waals surface area contributed by atoms with E-state index in [1.165, 1.54) is 4.90 Å². The maximum atomic E-state index is 12.5. The van der Waals surface area contributed by atoms with Gasteiger partial charge in [0.15, 0.2) is 0 Å². The third kappa shape index (κ3) is 4.60. The van der Waals surface area contributed by atoms with E-state index in [1.807, 2.05) is 37.4 Å². The Morgan fingerprint density at radius 1 is 1.42 bits per heavy atom. The summed E-state index contributed by atoms with van der Waals surface area (Å²) in [6, 6.07) is 0.00505. The molecule has 1 aliphatic rings. The largest absolute Gasteiger partial charge is 0.480 e. The molecular weight excluding hydrogens is 264 g/mol. The topological polar surface area (TPSA) is 60.9 Å². The maximum Gasteiger partial charge on any atom is 0.323 e. The summed E-state index contributed by atoms with van der Waals surface area (Å²) in [7, 11) is 0. The molecule has 0 saturated carbocycles. The van der Waals surface area contributed by atoms with Crippen LogP contribution in [-0.4, -0.2) is 63.6 Å². The van der Waals surface area contributed by atoms with Crippen LogP contribution in [0, 0.1) is 5.92 Å². The summed E-state index contributed by atoms with van der Waals surface area (Å²) in [6.07, 6.45) is 0. The lowest BCUT2D eigenvalue weighted by Crippen LogP contribution is -2.54. The molecule has 1 aliphatic heterocycles. The van der Waals surface area contributed by atoms with Gasteiger partial charge in [-0.2, -0.15) is 11.8 Å². The summed E-state index contributed by atoms with van der Waals surface area (Å²) in [4.78, 5) is 26.7. The van der Waals surface area contributed by atoms with E-state index in [-0.39, 0.29) is 24.5 Å². The third-order valence-corrected chi connectivity index (χ3v) is 4.65. The Hall–Kier alpha value is -0.910. The number of hydrogen-bond donors (Lipinski definition) is 1. The highest BCUT2D eigenvalue weighted by Gasteiger charge is 2.32. The Kier molecular flexibility index (Phi) is 5.97. The van der Waals surface area contributed by atoms with Gasteiger partial charge in [-0.25, -0.2) is 4.79 Å². The molecule has 1 N–H and O–H groups in total. The van der Waals surface area contributed by atoms with Gasteiger partial charge < -0.3 is 14.9 Å². The van der Waals surface area contributed by atoms with Gasteiger partial charge in [0.1, 0.15) is 6.54 Å². The molecule has 110 valence electrons. The minimum Gasteiger partial charge on any atom is -0.480 e. The highest BCUT2D eigenvalue weighted by molar-refractivity contribution is 8.00. The number of hydrogen-bond acceptors (Lipinski definition) is 3. The van der Waals surface area contributed by atoms with Crippen LogP contribution in [0.1, 0.15) is 27.7 Å². The number of nitrogens with zero attached hydrogens (tertiary/aromatic N) is 2. The molecule has 0 radical (unpaired) electrons. The number of carboxylic acid groups (broad SMARTS) is 1. The second-order valence-electron chi connectivity index (χ2n) is 5.46. The second kappa shape index (κ2) is 7.03. The van der Waals surface area contributed by atoms with Crippen LogP contribution < -0.4 is 0 Å². The fourth-order valence-corrected chi connectivity index (χ4v) is 3.30. The van der Waals surface area contributed by atoms with Gasteiger partial charge in [0, 0.05) is 30.1 Å². The molecule has 0 bridgehead atoms. The van der Waals surface area contributed by atoms with Crippen LogP contribution in [-0.2, 0) is 4.79 Å². The fourth-order valence-electron chi connectivity index (χ4n) is 2.20. The number of carbonyl (C=O) groups is 2.